The van der Waals surface area contributed by atoms with Gasteiger partial charge in [0.25, 0.3) is 0 Å². The number of aryl methyl sites for hydroxylation is 1. The molecule has 5 nitrogen and oxygen atoms in total. The number of methoxy groups -OCH3 is 1. The number of nitrogen functional groups attached to an aromatic ring is 1. The summed E-state index contributed by atoms with van der Waals surface area (Å²) in [5.74, 6) is 0. The van der Waals surface area contributed by atoms with E-state index in [1.54, 1.807) is 13.2 Å². The van der Waals surface area contributed by atoms with Gasteiger partial charge in [0.05, 0.1) is 10.5 Å². The third kappa shape index (κ3) is 3.92. The Balaban J connectivity index is 3.02. The largest absolute Gasteiger partial charge is 0.398 e. The lowest BCUT2D eigenvalue weighted by Crippen LogP contribution is -2.39. The molecule has 0 unspecified atom stereocenters. The zero-order valence-electron chi connectivity index (χ0n) is 12.1. The van der Waals surface area contributed by atoms with Crippen LogP contribution in [0.15, 0.2) is 17.0 Å². The van der Waals surface area contributed by atoms with E-state index in [0.717, 1.165) is 11.1 Å². The number of nitrogens with one attached hydrogen (secondary N) is 1. The van der Waals surface area contributed by atoms with Gasteiger partial charge >= 0.3 is 0 Å². The summed E-state index contributed by atoms with van der Waals surface area (Å²) in [6, 6.07) is 3.10. The van der Waals surface area contributed by atoms with Crippen molar-refractivity contribution in [1.82, 2.24) is 4.72 Å². The molecule has 19 heavy (non-hydrogen) atoms. The number of sulfonamides is 1. The summed E-state index contributed by atoms with van der Waals surface area (Å²) in [4.78, 5) is 0.181. The van der Waals surface area contributed by atoms with E-state index in [9.17, 15) is 8.42 Å². The van der Waals surface area contributed by atoms with Crippen molar-refractivity contribution in [3.63, 3.8) is 0 Å². The van der Waals surface area contributed by atoms with Gasteiger partial charge in [0, 0.05) is 19.3 Å². The first-order valence-electron chi connectivity index (χ1n) is 6.00. The minimum Gasteiger partial charge on any atom is -0.398 e. The van der Waals surface area contributed by atoms with Crippen LogP contribution in [0, 0.1) is 13.8 Å². The predicted octanol–water partition coefficient (Wildman–Crippen LogP) is 1.59. The number of hydrogen-bond donors (Lipinski definition) is 2. The fraction of sp³-hybridized carbons (Fsp3) is 0.538. The Morgan fingerprint density at radius 3 is 2.37 bits per heavy atom. The molecule has 108 valence electrons. The van der Waals surface area contributed by atoms with Gasteiger partial charge in [0.15, 0.2) is 0 Å². The average Bonchev–Trinajstić information content (AvgIpc) is 2.33. The number of nitrogens with two attached hydrogens (primary N) is 1. The first-order valence-corrected chi connectivity index (χ1v) is 7.49. The van der Waals surface area contributed by atoms with Crippen molar-refractivity contribution >= 4 is 15.7 Å². The predicted molar refractivity (Wildman–Crippen MR) is 76.6 cm³/mol. The zero-order valence-corrected chi connectivity index (χ0v) is 12.9. The molecule has 1 aromatic rings. The highest BCUT2D eigenvalue weighted by Gasteiger charge is 2.22. The smallest absolute Gasteiger partial charge is 0.240 e. The van der Waals surface area contributed by atoms with Crippen LogP contribution in [0.1, 0.15) is 25.0 Å². The fourth-order valence-electron chi connectivity index (χ4n) is 1.43. The molecule has 0 saturated carbocycles. The van der Waals surface area contributed by atoms with E-state index in [1.165, 1.54) is 6.07 Å². The maximum atomic E-state index is 12.2. The molecule has 0 radical (unpaired) electrons. The Kier molecular flexibility index (Phi) is 4.60. The first kappa shape index (κ1) is 15.9. The normalized spacial score (nSPS) is 12.7. The third-order valence-corrected chi connectivity index (χ3v) is 4.61. The molecule has 0 bridgehead atoms. The summed E-state index contributed by atoms with van der Waals surface area (Å²) in [7, 11) is -2.03. The van der Waals surface area contributed by atoms with Crippen molar-refractivity contribution in [3.05, 3.63) is 23.3 Å². The maximum Gasteiger partial charge on any atom is 0.240 e. The molecule has 0 aromatic heterocycles. The van der Waals surface area contributed by atoms with E-state index in [4.69, 9.17) is 10.5 Å². The van der Waals surface area contributed by atoms with Gasteiger partial charge < -0.3 is 10.5 Å². The third-order valence-electron chi connectivity index (χ3n) is 3.23. The first-order chi connectivity index (χ1) is 8.59. The molecule has 1 aromatic carbocycles. The van der Waals surface area contributed by atoms with Crippen LogP contribution in [0.2, 0.25) is 0 Å². The van der Waals surface area contributed by atoms with E-state index < -0.39 is 15.6 Å². The highest BCUT2D eigenvalue weighted by Crippen LogP contribution is 2.21. The van der Waals surface area contributed by atoms with Crippen LogP contribution >= 0.6 is 0 Å². The SMILES string of the molecule is COC(C)(C)CNS(=O)(=O)c1cc(C)c(C)c(N)c1. The highest BCUT2D eigenvalue weighted by atomic mass is 32.2. The zero-order chi connectivity index (χ0) is 14.8. The monoisotopic (exact) mass is 286 g/mol. The van der Waals surface area contributed by atoms with E-state index >= 15 is 0 Å². The molecule has 0 aliphatic carbocycles. The van der Waals surface area contributed by atoms with Gasteiger partial charge in [-0.3, -0.25) is 0 Å². The Morgan fingerprint density at radius 2 is 1.89 bits per heavy atom. The summed E-state index contributed by atoms with van der Waals surface area (Å²) in [5.41, 5.74) is 7.48. The number of ether oxygens (including phenoxy) is 1. The van der Waals surface area contributed by atoms with Crippen molar-refractivity contribution in [2.45, 2.75) is 38.2 Å². The fourth-order valence-corrected chi connectivity index (χ4v) is 2.75. The van der Waals surface area contributed by atoms with Crippen LogP contribution in [-0.2, 0) is 14.8 Å². The van der Waals surface area contributed by atoms with Gasteiger partial charge in [-0.05, 0) is 51.0 Å². The molecule has 0 heterocycles. The van der Waals surface area contributed by atoms with Gasteiger partial charge in [0.2, 0.25) is 10.0 Å². The van der Waals surface area contributed by atoms with Crippen molar-refractivity contribution in [2.75, 3.05) is 19.4 Å². The van der Waals surface area contributed by atoms with E-state index in [1.807, 2.05) is 27.7 Å². The Bertz CT molecular complexity index is 542. The second-order valence-corrected chi connectivity index (χ2v) is 7.01. The van der Waals surface area contributed by atoms with Crippen molar-refractivity contribution in [2.24, 2.45) is 0 Å². The van der Waals surface area contributed by atoms with Crippen LogP contribution in [0.25, 0.3) is 0 Å². The van der Waals surface area contributed by atoms with Crippen LogP contribution < -0.4 is 10.5 Å². The lowest BCUT2D eigenvalue weighted by Gasteiger charge is -2.23. The van der Waals surface area contributed by atoms with Gasteiger partial charge in [-0.25, -0.2) is 13.1 Å². The van der Waals surface area contributed by atoms with Crippen molar-refractivity contribution in [3.8, 4) is 0 Å². The topological polar surface area (TPSA) is 81.4 Å². The summed E-state index contributed by atoms with van der Waals surface area (Å²) >= 11 is 0. The molecule has 0 fully saturated rings. The quantitative estimate of drug-likeness (QED) is 0.805. The molecule has 3 N–H and O–H groups in total. The molecular weight excluding hydrogens is 264 g/mol. The minimum atomic E-state index is -3.58. The Morgan fingerprint density at radius 1 is 1.32 bits per heavy atom. The van der Waals surface area contributed by atoms with Crippen LogP contribution in [-0.4, -0.2) is 27.7 Å². The lowest BCUT2D eigenvalue weighted by atomic mass is 10.1. The molecule has 0 atom stereocenters. The maximum absolute atomic E-state index is 12.2. The van der Waals surface area contributed by atoms with Gasteiger partial charge in [-0.1, -0.05) is 0 Å². The molecule has 0 amide bonds. The molecule has 0 aliphatic heterocycles. The standard InChI is InChI=1S/C13H22N2O3S/c1-9-6-11(7-12(14)10(9)2)19(16,17)15-8-13(3,4)18-5/h6-7,15H,8,14H2,1-5H3. The number of benzene rings is 1. The van der Waals surface area contributed by atoms with E-state index in [2.05, 4.69) is 4.72 Å². The summed E-state index contributed by atoms with van der Waals surface area (Å²) in [6.45, 7) is 7.51. The van der Waals surface area contributed by atoms with Crippen LogP contribution in [0.5, 0.6) is 0 Å². The highest BCUT2D eigenvalue weighted by molar-refractivity contribution is 7.89. The second-order valence-electron chi connectivity index (χ2n) is 5.24. The molecular formula is C13H22N2O3S. The van der Waals surface area contributed by atoms with Crippen molar-refractivity contribution in [1.29, 1.82) is 0 Å². The molecule has 0 spiro atoms. The second kappa shape index (κ2) is 5.48. The Hall–Kier alpha value is -1.11. The summed E-state index contributed by atoms with van der Waals surface area (Å²) in [5, 5.41) is 0. The van der Waals surface area contributed by atoms with E-state index in [0.29, 0.717) is 5.69 Å². The van der Waals surface area contributed by atoms with Crippen LogP contribution in [0.3, 0.4) is 0 Å². The minimum absolute atomic E-state index is 0.181. The number of hydrogen-bond acceptors (Lipinski definition) is 4. The number of anilines is 1. The van der Waals surface area contributed by atoms with Gasteiger partial charge in [-0.15, -0.1) is 0 Å². The van der Waals surface area contributed by atoms with Crippen LogP contribution in [0.4, 0.5) is 5.69 Å². The molecule has 0 saturated heterocycles. The number of rotatable bonds is 5. The van der Waals surface area contributed by atoms with Gasteiger partial charge in [0.1, 0.15) is 0 Å². The van der Waals surface area contributed by atoms with E-state index in [-0.39, 0.29) is 11.4 Å². The summed E-state index contributed by atoms with van der Waals surface area (Å²) in [6.07, 6.45) is 0. The average molecular weight is 286 g/mol. The van der Waals surface area contributed by atoms with Gasteiger partial charge in [-0.2, -0.15) is 0 Å². The Labute approximate surface area is 115 Å². The molecule has 0 aliphatic rings. The van der Waals surface area contributed by atoms with Crippen molar-refractivity contribution < 1.29 is 13.2 Å². The summed E-state index contributed by atoms with van der Waals surface area (Å²) < 4.78 is 32.1. The lowest BCUT2D eigenvalue weighted by molar-refractivity contribution is 0.0276. The molecule has 1 rings (SSSR count). The molecule has 6 heteroatoms.